The number of nitrogens with one attached hydrogen (secondary N) is 1. The van der Waals surface area contributed by atoms with E-state index in [0.717, 1.165) is 4.90 Å². The van der Waals surface area contributed by atoms with Crippen molar-refractivity contribution in [3.8, 4) is 0 Å². The summed E-state index contributed by atoms with van der Waals surface area (Å²) < 4.78 is 10.2. The van der Waals surface area contributed by atoms with Crippen LogP contribution in [0.3, 0.4) is 0 Å². The van der Waals surface area contributed by atoms with E-state index in [0.29, 0.717) is 29.8 Å². The molecule has 2 amide bonds. The number of nitrogens with zero attached hydrogens (tertiary/aromatic N) is 1. The van der Waals surface area contributed by atoms with Crippen molar-refractivity contribution in [3.63, 3.8) is 0 Å². The summed E-state index contributed by atoms with van der Waals surface area (Å²) in [6, 6.07) is 12.1. The zero-order valence-corrected chi connectivity index (χ0v) is 19.1. The Morgan fingerprint density at radius 1 is 0.939 bits per heavy atom. The van der Waals surface area contributed by atoms with Crippen molar-refractivity contribution in [2.75, 3.05) is 16.8 Å². The first-order valence-electron chi connectivity index (χ1n) is 10.4. The molecule has 2 aromatic rings. The molecule has 2 aromatic carbocycles. The second-order valence-corrected chi connectivity index (χ2v) is 7.85. The van der Waals surface area contributed by atoms with Crippen LogP contribution in [0.5, 0.6) is 0 Å². The summed E-state index contributed by atoms with van der Waals surface area (Å²) in [4.78, 5) is 50.4. The molecule has 0 spiro atoms. The maximum absolute atomic E-state index is 12.9. The number of esters is 2. The second kappa shape index (κ2) is 10.3. The molecule has 1 aliphatic rings. The summed E-state index contributed by atoms with van der Waals surface area (Å²) in [6.45, 7) is 5.70. The maximum Gasteiger partial charge on any atom is 0.338 e. The largest absolute Gasteiger partial charge is 0.462 e. The fourth-order valence-corrected chi connectivity index (χ4v) is 3.20. The predicted molar refractivity (Wildman–Crippen MR) is 123 cm³/mol. The molecule has 0 aromatic heterocycles. The minimum Gasteiger partial charge on any atom is -0.462 e. The predicted octanol–water partition coefficient (Wildman–Crippen LogP) is 4.25. The Hall–Kier alpha value is -3.65. The van der Waals surface area contributed by atoms with E-state index in [9.17, 15) is 19.2 Å². The molecular formula is C24H23ClN2O6. The number of halogens is 1. The van der Waals surface area contributed by atoms with Gasteiger partial charge in [0.2, 0.25) is 0 Å². The molecule has 0 bridgehead atoms. The molecule has 0 saturated heterocycles. The quantitative estimate of drug-likeness (QED) is 0.454. The summed E-state index contributed by atoms with van der Waals surface area (Å²) in [6.07, 6.45) is 0.453. The molecule has 33 heavy (non-hydrogen) atoms. The number of carbonyl (C=O) groups is 4. The minimum absolute atomic E-state index is 0.0920. The van der Waals surface area contributed by atoms with E-state index in [4.69, 9.17) is 21.1 Å². The normalized spacial score (nSPS) is 13.5. The monoisotopic (exact) mass is 470 g/mol. The molecule has 9 heteroatoms. The third-order valence-corrected chi connectivity index (χ3v) is 4.91. The third kappa shape index (κ3) is 5.40. The zero-order valence-electron chi connectivity index (χ0n) is 18.4. The summed E-state index contributed by atoms with van der Waals surface area (Å²) in [5.74, 6) is -2.28. The van der Waals surface area contributed by atoms with Crippen LogP contribution in [-0.4, -0.2) is 36.5 Å². The molecule has 3 rings (SSSR count). The van der Waals surface area contributed by atoms with Crippen LogP contribution < -0.4 is 10.2 Å². The van der Waals surface area contributed by atoms with Gasteiger partial charge in [-0.1, -0.05) is 18.5 Å². The zero-order chi connectivity index (χ0) is 24.1. The molecule has 1 N–H and O–H groups in total. The van der Waals surface area contributed by atoms with Crippen molar-refractivity contribution >= 4 is 46.7 Å². The highest BCUT2D eigenvalue weighted by Gasteiger charge is 2.39. The summed E-state index contributed by atoms with van der Waals surface area (Å²) in [7, 11) is 0. The Morgan fingerprint density at radius 3 is 2.09 bits per heavy atom. The summed E-state index contributed by atoms with van der Waals surface area (Å²) in [5.41, 5.74) is 1.28. The van der Waals surface area contributed by atoms with Crippen LogP contribution in [0, 0.1) is 0 Å². The van der Waals surface area contributed by atoms with Gasteiger partial charge in [0.1, 0.15) is 10.7 Å². The smallest absolute Gasteiger partial charge is 0.338 e. The van der Waals surface area contributed by atoms with E-state index in [1.807, 2.05) is 6.92 Å². The molecular weight excluding hydrogens is 448 g/mol. The average molecular weight is 471 g/mol. The van der Waals surface area contributed by atoms with Crippen molar-refractivity contribution in [1.29, 1.82) is 0 Å². The van der Waals surface area contributed by atoms with Crippen molar-refractivity contribution < 1.29 is 28.7 Å². The van der Waals surface area contributed by atoms with Crippen LogP contribution in [-0.2, 0) is 19.1 Å². The van der Waals surface area contributed by atoms with Crippen LogP contribution in [0.15, 0.2) is 59.3 Å². The van der Waals surface area contributed by atoms with E-state index < -0.39 is 23.8 Å². The number of ether oxygens (including phenoxy) is 2. The van der Waals surface area contributed by atoms with Crippen molar-refractivity contribution in [1.82, 2.24) is 0 Å². The lowest BCUT2D eigenvalue weighted by atomic mass is 10.2. The topological polar surface area (TPSA) is 102 Å². The van der Waals surface area contributed by atoms with Gasteiger partial charge in [-0.15, -0.1) is 0 Å². The van der Waals surface area contributed by atoms with Gasteiger partial charge in [-0.25, -0.2) is 14.5 Å². The molecule has 0 atom stereocenters. The molecule has 8 nitrogen and oxygen atoms in total. The molecule has 1 aliphatic heterocycles. The highest BCUT2D eigenvalue weighted by molar-refractivity contribution is 6.53. The summed E-state index contributed by atoms with van der Waals surface area (Å²) in [5, 5.41) is 2.57. The van der Waals surface area contributed by atoms with Gasteiger partial charge in [-0.05, 0) is 68.8 Å². The van der Waals surface area contributed by atoms with Crippen LogP contribution in [0.4, 0.5) is 11.4 Å². The fourth-order valence-electron chi connectivity index (χ4n) is 2.99. The standard InChI is InChI=1S/C24H23ClN2O6/c1-4-13-32-23(30)15-7-11-18(12-8-15)27-21(28)19(25)20(22(27)29)26-17-9-5-16(6-10-17)24(31)33-14(2)3/h5-12,14,26H,4,13H2,1-3H3. The Balaban J connectivity index is 1.73. The number of benzene rings is 2. The number of hydrogen-bond donors (Lipinski definition) is 1. The average Bonchev–Trinajstić information content (AvgIpc) is 3.00. The van der Waals surface area contributed by atoms with E-state index >= 15 is 0 Å². The minimum atomic E-state index is -0.692. The molecule has 1 heterocycles. The van der Waals surface area contributed by atoms with Gasteiger partial charge in [0.05, 0.1) is 29.5 Å². The Labute approximate surface area is 196 Å². The fraction of sp³-hybridized carbons (Fsp3) is 0.250. The number of hydrogen-bond acceptors (Lipinski definition) is 7. The molecule has 172 valence electrons. The van der Waals surface area contributed by atoms with E-state index in [1.54, 1.807) is 26.0 Å². The van der Waals surface area contributed by atoms with Crippen LogP contribution >= 0.6 is 11.6 Å². The molecule has 0 saturated carbocycles. The van der Waals surface area contributed by atoms with Gasteiger partial charge in [0, 0.05) is 5.69 Å². The lowest BCUT2D eigenvalue weighted by Crippen LogP contribution is -2.32. The third-order valence-electron chi connectivity index (χ3n) is 4.56. The van der Waals surface area contributed by atoms with Crippen LogP contribution in [0.2, 0.25) is 0 Å². The number of imide groups is 1. The first-order valence-corrected chi connectivity index (χ1v) is 10.7. The van der Waals surface area contributed by atoms with Gasteiger partial charge >= 0.3 is 11.9 Å². The Bertz CT molecular complexity index is 1110. The molecule has 0 fully saturated rings. The van der Waals surface area contributed by atoms with Crippen LogP contribution in [0.25, 0.3) is 0 Å². The van der Waals surface area contributed by atoms with Crippen molar-refractivity contribution in [2.24, 2.45) is 0 Å². The number of anilines is 2. The maximum atomic E-state index is 12.9. The van der Waals surface area contributed by atoms with E-state index in [2.05, 4.69) is 5.32 Å². The first-order chi connectivity index (χ1) is 15.7. The van der Waals surface area contributed by atoms with E-state index in [1.165, 1.54) is 36.4 Å². The number of carbonyl (C=O) groups excluding carboxylic acids is 4. The number of rotatable bonds is 8. The lowest BCUT2D eigenvalue weighted by Gasteiger charge is -2.15. The Kier molecular flexibility index (Phi) is 7.50. The lowest BCUT2D eigenvalue weighted by molar-refractivity contribution is -0.120. The SMILES string of the molecule is CCCOC(=O)c1ccc(N2C(=O)C(Cl)=C(Nc3ccc(C(=O)OC(C)C)cc3)C2=O)cc1. The highest BCUT2D eigenvalue weighted by atomic mass is 35.5. The van der Waals surface area contributed by atoms with Gasteiger partial charge in [-0.3, -0.25) is 9.59 Å². The molecule has 0 radical (unpaired) electrons. The highest BCUT2D eigenvalue weighted by Crippen LogP contribution is 2.30. The van der Waals surface area contributed by atoms with Crippen molar-refractivity contribution in [2.45, 2.75) is 33.3 Å². The van der Waals surface area contributed by atoms with Crippen molar-refractivity contribution in [3.05, 3.63) is 70.4 Å². The first kappa shape index (κ1) is 24.0. The van der Waals surface area contributed by atoms with Gasteiger partial charge in [-0.2, -0.15) is 0 Å². The molecule has 0 aliphatic carbocycles. The number of amides is 2. The second-order valence-electron chi connectivity index (χ2n) is 7.47. The van der Waals surface area contributed by atoms with Gasteiger partial charge in [0.15, 0.2) is 0 Å². The molecule has 0 unspecified atom stereocenters. The van der Waals surface area contributed by atoms with Gasteiger partial charge < -0.3 is 14.8 Å². The van der Waals surface area contributed by atoms with E-state index in [-0.39, 0.29) is 22.5 Å². The van der Waals surface area contributed by atoms with Gasteiger partial charge in [0.25, 0.3) is 11.8 Å². The van der Waals surface area contributed by atoms with Crippen LogP contribution in [0.1, 0.15) is 47.9 Å². The Morgan fingerprint density at radius 2 is 1.52 bits per heavy atom. The summed E-state index contributed by atoms with van der Waals surface area (Å²) >= 11 is 6.15.